The van der Waals surface area contributed by atoms with Crippen molar-refractivity contribution in [2.75, 3.05) is 17.7 Å². The number of hydrogen-bond donors (Lipinski definition) is 1. The van der Waals surface area contributed by atoms with Gasteiger partial charge in [0.1, 0.15) is 5.76 Å². The Hall–Kier alpha value is -1.91. The van der Waals surface area contributed by atoms with E-state index in [1.165, 1.54) is 0 Å². The molecule has 5 nitrogen and oxygen atoms in total. The molecule has 0 fully saturated rings. The van der Waals surface area contributed by atoms with E-state index in [4.69, 9.17) is 10.2 Å². The summed E-state index contributed by atoms with van der Waals surface area (Å²) < 4.78 is 7.18. The molecule has 0 saturated carbocycles. The number of nitrogen functional groups attached to an aromatic ring is 1. The molecule has 0 radical (unpaired) electrons. The SMILES string of the molecule is CCCc1nn(C)c(N(C)Cc2ccco2)c1N. The molecule has 0 aliphatic rings. The highest BCUT2D eigenvalue weighted by molar-refractivity contribution is 5.66. The van der Waals surface area contributed by atoms with E-state index in [0.29, 0.717) is 6.54 Å². The van der Waals surface area contributed by atoms with Crippen molar-refractivity contribution in [1.29, 1.82) is 0 Å². The van der Waals surface area contributed by atoms with E-state index < -0.39 is 0 Å². The van der Waals surface area contributed by atoms with E-state index in [1.54, 1.807) is 6.26 Å². The molecule has 18 heavy (non-hydrogen) atoms. The van der Waals surface area contributed by atoms with Gasteiger partial charge in [0.2, 0.25) is 0 Å². The molecule has 5 heteroatoms. The average molecular weight is 248 g/mol. The van der Waals surface area contributed by atoms with Crippen LogP contribution in [0.15, 0.2) is 22.8 Å². The maximum absolute atomic E-state index is 6.16. The Morgan fingerprint density at radius 2 is 2.28 bits per heavy atom. The highest BCUT2D eigenvalue weighted by Crippen LogP contribution is 2.27. The Balaban J connectivity index is 2.21. The fraction of sp³-hybridized carbons (Fsp3) is 0.462. The molecule has 0 amide bonds. The Kier molecular flexibility index (Phi) is 3.60. The van der Waals surface area contributed by atoms with Crippen LogP contribution in [-0.2, 0) is 20.0 Å². The molecule has 2 N–H and O–H groups in total. The number of hydrogen-bond acceptors (Lipinski definition) is 4. The molecule has 0 bridgehead atoms. The average Bonchev–Trinajstić information content (AvgIpc) is 2.89. The van der Waals surface area contributed by atoms with E-state index in [1.807, 2.05) is 30.9 Å². The van der Waals surface area contributed by atoms with Crippen molar-refractivity contribution in [1.82, 2.24) is 9.78 Å². The van der Waals surface area contributed by atoms with Crippen molar-refractivity contribution < 1.29 is 4.42 Å². The van der Waals surface area contributed by atoms with Gasteiger partial charge in [-0.05, 0) is 18.6 Å². The minimum Gasteiger partial charge on any atom is -0.467 e. The zero-order valence-electron chi connectivity index (χ0n) is 11.2. The van der Waals surface area contributed by atoms with Gasteiger partial charge in [0.15, 0.2) is 5.82 Å². The summed E-state index contributed by atoms with van der Waals surface area (Å²) in [6.45, 7) is 2.81. The van der Waals surface area contributed by atoms with E-state index in [2.05, 4.69) is 16.9 Å². The lowest BCUT2D eigenvalue weighted by Crippen LogP contribution is -2.20. The second-order valence-corrected chi connectivity index (χ2v) is 4.49. The first-order valence-corrected chi connectivity index (χ1v) is 6.18. The molecule has 98 valence electrons. The van der Waals surface area contributed by atoms with Crippen LogP contribution in [0.3, 0.4) is 0 Å². The molecule has 0 aliphatic carbocycles. The lowest BCUT2D eigenvalue weighted by Gasteiger charge is -2.18. The third-order valence-corrected chi connectivity index (χ3v) is 2.95. The summed E-state index contributed by atoms with van der Waals surface area (Å²) in [5.74, 6) is 1.85. The Morgan fingerprint density at radius 3 is 2.89 bits per heavy atom. The van der Waals surface area contributed by atoms with Crippen LogP contribution in [0.25, 0.3) is 0 Å². The van der Waals surface area contributed by atoms with Crippen LogP contribution < -0.4 is 10.6 Å². The molecule has 0 atom stereocenters. The van der Waals surface area contributed by atoms with Gasteiger partial charge in [-0.25, -0.2) is 0 Å². The third kappa shape index (κ3) is 2.34. The smallest absolute Gasteiger partial charge is 0.150 e. The van der Waals surface area contributed by atoms with Crippen LogP contribution in [0.4, 0.5) is 11.5 Å². The summed E-state index contributed by atoms with van der Waals surface area (Å²) in [5, 5.41) is 4.47. The number of furan rings is 1. The first-order chi connectivity index (χ1) is 8.63. The standard InChI is InChI=1S/C13H20N4O/c1-4-6-11-12(14)13(17(3)15-11)16(2)9-10-7-5-8-18-10/h5,7-8H,4,6,9,14H2,1-3H3. The molecule has 2 heterocycles. The zero-order chi connectivity index (χ0) is 13.1. The van der Waals surface area contributed by atoms with Gasteiger partial charge in [0, 0.05) is 14.1 Å². The minimum absolute atomic E-state index is 0.683. The monoisotopic (exact) mass is 248 g/mol. The zero-order valence-corrected chi connectivity index (χ0v) is 11.2. The quantitative estimate of drug-likeness (QED) is 0.881. The lowest BCUT2D eigenvalue weighted by atomic mass is 10.2. The minimum atomic E-state index is 0.683. The molecular formula is C13H20N4O. The summed E-state index contributed by atoms with van der Waals surface area (Å²) in [7, 11) is 3.91. The normalized spacial score (nSPS) is 10.8. The van der Waals surface area contributed by atoms with Gasteiger partial charge in [0.25, 0.3) is 0 Å². The van der Waals surface area contributed by atoms with Crippen LogP contribution >= 0.6 is 0 Å². The number of nitrogens with zero attached hydrogens (tertiary/aromatic N) is 3. The Morgan fingerprint density at radius 1 is 1.50 bits per heavy atom. The maximum Gasteiger partial charge on any atom is 0.150 e. The van der Waals surface area contributed by atoms with Crippen LogP contribution in [0.2, 0.25) is 0 Å². The first-order valence-electron chi connectivity index (χ1n) is 6.18. The van der Waals surface area contributed by atoms with Crippen molar-refractivity contribution in [2.24, 2.45) is 7.05 Å². The number of nitrogens with two attached hydrogens (primary N) is 1. The molecule has 0 saturated heterocycles. The van der Waals surface area contributed by atoms with E-state index in [9.17, 15) is 0 Å². The van der Waals surface area contributed by atoms with Crippen LogP contribution in [0.1, 0.15) is 24.8 Å². The number of anilines is 2. The van der Waals surface area contributed by atoms with Crippen LogP contribution in [-0.4, -0.2) is 16.8 Å². The van der Waals surface area contributed by atoms with E-state index in [0.717, 1.165) is 35.8 Å². The largest absolute Gasteiger partial charge is 0.467 e. The Labute approximate surface area is 107 Å². The highest BCUT2D eigenvalue weighted by atomic mass is 16.3. The number of aromatic nitrogens is 2. The van der Waals surface area contributed by atoms with Gasteiger partial charge < -0.3 is 15.1 Å². The molecule has 2 rings (SSSR count). The molecule has 0 aliphatic heterocycles. The van der Waals surface area contributed by atoms with Gasteiger partial charge in [-0.1, -0.05) is 13.3 Å². The molecule has 0 aromatic carbocycles. The summed E-state index contributed by atoms with van der Waals surface area (Å²) in [6, 6.07) is 3.84. The van der Waals surface area contributed by atoms with Crippen molar-refractivity contribution >= 4 is 11.5 Å². The predicted octanol–water partition coefficient (Wildman–Crippen LogP) is 2.18. The topological polar surface area (TPSA) is 60.2 Å². The number of aryl methyl sites for hydroxylation is 2. The first kappa shape index (κ1) is 12.5. The summed E-state index contributed by atoms with van der Waals surface area (Å²) in [4.78, 5) is 2.06. The van der Waals surface area contributed by atoms with Crippen LogP contribution in [0.5, 0.6) is 0 Å². The molecule has 2 aromatic heterocycles. The third-order valence-electron chi connectivity index (χ3n) is 2.95. The lowest BCUT2D eigenvalue weighted by molar-refractivity contribution is 0.505. The maximum atomic E-state index is 6.16. The fourth-order valence-corrected chi connectivity index (χ4v) is 2.17. The fourth-order valence-electron chi connectivity index (χ4n) is 2.17. The molecular weight excluding hydrogens is 228 g/mol. The molecule has 0 spiro atoms. The van der Waals surface area contributed by atoms with Gasteiger partial charge in [-0.15, -0.1) is 0 Å². The van der Waals surface area contributed by atoms with Crippen molar-refractivity contribution in [3.05, 3.63) is 29.9 Å². The van der Waals surface area contributed by atoms with Crippen LogP contribution in [0, 0.1) is 0 Å². The van der Waals surface area contributed by atoms with Gasteiger partial charge >= 0.3 is 0 Å². The van der Waals surface area contributed by atoms with Gasteiger partial charge in [-0.2, -0.15) is 5.10 Å². The van der Waals surface area contributed by atoms with E-state index >= 15 is 0 Å². The second kappa shape index (κ2) is 5.16. The van der Waals surface area contributed by atoms with Crippen molar-refractivity contribution in [2.45, 2.75) is 26.3 Å². The Bertz CT molecular complexity index is 501. The number of rotatable bonds is 5. The summed E-state index contributed by atoms with van der Waals surface area (Å²) in [5.41, 5.74) is 7.91. The summed E-state index contributed by atoms with van der Waals surface area (Å²) >= 11 is 0. The van der Waals surface area contributed by atoms with Crippen molar-refractivity contribution in [3.63, 3.8) is 0 Å². The van der Waals surface area contributed by atoms with Gasteiger partial charge in [-0.3, -0.25) is 4.68 Å². The predicted molar refractivity (Wildman–Crippen MR) is 72.4 cm³/mol. The summed E-state index contributed by atoms with van der Waals surface area (Å²) in [6.07, 6.45) is 3.63. The molecule has 0 unspecified atom stereocenters. The van der Waals surface area contributed by atoms with Crippen molar-refractivity contribution in [3.8, 4) is 0 Å². The second-order valence-electron chi connectivity index (χ2n) is 4.49. The van der Waals surface area contributed by atoms with Gasteiger partial charge in [0.05, 0.1) is 24.2 Å². The van der Waals surface area contributed by atoms with E-state index in [-0.39, 0.29) is 0 Å². The molecule has 2 aromatic rings. The highest BCUT2D eigenvalue weighted by Gasteiger charge is 2.16.